The normalized spacial score (nSPS) is 22.1. The van der Waals surface area contributed by atoms with Crippen LogP contribution in [0.15, 0.2) is 4.99 Å². The summed E-state index contributed by atoms with van der Waals surface area (Å²) in [6.45, 7) is 0. The molecule has 1 fully saturated rings. The molecule has 1 aliphatic carbocycles. The lowest BCUT2D eigenvalue weighted by Gasteiger charge is -2.16. The van der Waals surface area contributed by atoms with Crippen molar-refractivity contribution in [3.63, 3.8) is 0 Å². The molecule has 1 nitrogen and oxygen atoms in total. The van der Waals surface area contributed by atoms with Crippen LogP contribution in [0.4, 0.5) is 0 Å². The predicted octanol–water partition coefficient (Wildman–Crippen LogP) is 2.78. The molecule has 0 aromatic carbocycles. The fraction of sp³-hybridized carbons (Fsp3) is 0.875. The van der Waals surface area contributed by atoms with Gasteiger partial charge in [0, 0.05) is 17.6 Å². The third-order valence-electron chi connectivity index (χ3n) is 1.96. The molecule has 0 atom stereocenters. The second-order valence-electron chi connectivity index (χ2n) is 2.78. The second-order valence-corrected chi connectivity index (χ2v) is 3.43. The highest BCUT2D eigenvalue weighted by Gasteiger charge is 2.09. The van der Waals surface area contributed by atoms with Gasteiger partial charge in [-0.1, -0.05) is 35.2 Å². The van der Waals surface area contributed by atoms with Gasteiger partial charge in [-0.2, -0.15) is 0 Å². The molecule has 0 amide bonds. The number of alkyl halides is 1. The molecule has 0 aromatic rings. The summed E-state index contributed by atoms with van der Waals surface area (Å²) >= 11 is 3.33. The maximum atomic E-state index is 4.43. The Morgan fingerprint density at radius 2 is 2.00 bits per heavy atom. The topological polar surface area (TPSA) is 12.4 Å². The molecule has 0 aromatic heterocycles. The quantitative estimate of drug-likeness (QED) is 0.484. The van der Waals surface area contributed by atoms with Crippen molar-refractivity contribution >= 4 is 22.1 Å². The van der Waals surface area contributed by atoms with E-state index in [0.717, 1.165) is 5.33 Å². The summed E-state index contributed by atoms with van der Waals surface area (Å²) in [5, 5.41) is 0.906. The zero-order chi connectivity index (χ0) is 7.23. The summed E-state index contributed by atoms with van der Waals surface area (Å²) in [4.78, 5) is 4.43. The number of halogens is 1. The van der Waals surface area contributed by atoms with Gasteiger partial charge in [0.25, 0.3) is 0 Å². The summed E-state index contributed by atoms with van der Waals surface area (Å²) in [5.41, 5.74) is 0. The third-order valence-corrected chi connectivity index (χ3v) is 2.25. The summed E-state index contributed by atoms with van der Waals surface area (Å²) in [5.74, 6) is 0. The smallest absolute Gasteiger partial charge is 0.0496 e. The average molecular weight is 204 g/mol. The van der Waals surface area contributed by atoms with Crippen LogP contribution in [0, 0.1) is 0 Å². The maximum absolute atomic E-state index is 4.43. The van der Waals surface area contributed by atoms with Crippen LogP contribution in [0.2, 0.25) is 0 Å². The molecular weight excluding hydrogens is 190 g/mol. The summed E-state index contributed by atoms with van der Waals surface area (Å²) in [6.07, 6.45) is 8.78. The zero-order valence-electron chi connectivity index (χ0n) is 6.22. The molecule has 0 saturated heterocycles. The molecule has 0 radical (unpaired) electrons. The van der Waals surface area contributed by atoms with Gasteiger partial charge in [0.2, 0.25) is 0 Å². The van der Waals surface area contributed by atoms with Crippen LogP contribution in [0.1, 0.15) is 32.1 Å². The highest BCUT2D eigenvalue weighted by Crippen LogP contribution is 2.19. The second kappa shape index (κ2) is 4.89. The molecule has 0 bridgehead atoms. The van der Waals surface area contributed by atoms with E-state index in [9.17, 15) is 0 Å². The van der Waals surface area contributed by atoms with Crippen molar-refractivity contribution in [2.75, 3.05) is 5.33 Å². The molecule has 0 heterocycles. The molecule has 0 unspecified atom stereocenters. The van der Waals surface area contributed by atoms with Crippen LogP contribution in [0.25, 0.3) is 0 Å². The molecule has 1 saturated carbocycles. The Morgan fingerprint density at radius 3 is 2.60 bits per heavy atom. The molecule has 0 spiro atoms. The van der Waals surface area contributed by atoms with Gasteiger partial charge in [-0.25, -0.2) is 0 Å². The van der Waals surface area contributed by atoms with Crippen LogP contribution in [0.5, 0.6) is 0 Å². The SMILES string of the molecule is BrCC=NC1CCCCC1. The van der Waals surface area contributed by atoms with Crippen LogP contribution in [0.3, 0.4) is 0 Å². The number of hydrogen-bond acceptors (Lipinski definition) is 1. The molecule has 10 heavy (non-hydrogen) atoms. The largest absolute Gasteiger partial charge is 0.293 e. The van der Waals surface area contributed by atoms with Crippen LogP contribution in [-0.4, -0.2) is 17.6 Å². The summed E-state index contributed by atoms with van der Waals surface area (Å²) in [7, 11) is 0. The lowest BCUT2D eigenvalue weighted by Crippen LogP contribution is -2.09. The van der Waals surface area contributed by atoms with Gasteiger partial charge in [-0.05, 0) is 12.8 Å². The zero-order valence-corrected chi connectivity index (χ0v) is 7.81. The van der Waals surface area contributed by atoms with Gasteiger partial charge in [-0.3, -0.25) is 4.99 Å². The van der Waals surface area contributed by atoms with Crippen molar-refractivity contribution < 1.29 is 0 Å². The van der Waals surface area contributed by atoms with Gasteiger partial charge in [0.05, 0.1) is 0 Å². The number of hydrogen-bond donors (Lipinski definition) is 0. The van der Waals surface area contributed by atoms with Gasteiger partial charge in [0.1, 0.15) is 0 Å². The Labute approximate surface area is 71.1 Å². The van der Waals surface area contributed by atoms with Crippen LogP contribution < -0.4 is 0 Å². The van der Waals surface area contributed by atoms with Crippen LogP contribution in [-0.2, 0) is 0 Å². The van der Waals surface area contributed by atoms with Crippen molar-refractivity contribution in [2.45, 2.75) is 38.1 Å². The van der Waals surface area contributed by atoms with Crippen molar-refractivity contribution in [1.82, 2.24) is 0 Å². The minimum absolute atomic E-state index is 0.645. The Bertz CT molecular complexity index is 106. The molecule has 0 N–H and O–H groups in total. The lowest BCUT2D eigenvalue weighted by molar-refractivity contribution is 0.444. The first-order valence-electron chi connectivity index (χ1n) is 4.01. The first-order valence-corrected chi connectivity index (χ1v) is 5.13. The fourth-order valence-electron chi connectivity index (χ4n) is 1.42. The van der Waals surface area contributed by atoms with E-state index in [-0.39, 0.29) is 0 Å². The monoisotopic (exact) mass is 203 g/mol. The van der Waals surface area contributed by atoms with E-state index in [0.29, 0.717) is 6.04 Å². The van der Waals surface area contributed by atoms with E-state index in [1.807, 2.05) is 6.21 Å². The molecule has 2 heteroatoms. The Hall–Kier alpha value is 0.150. The number of aliphatic imine (C=N–C) groups is 1. The fourth-order valence-corrected chi connectivity index (χ4v) is 1.59. The third kappa shape index (κ3) is 2.82. The first kappa shape index (κ1) is 8.25. The predicted molar refractivity (Wildman–Crippen MR) is 49.2 cm³/mol. The van der Waals surface area contributed by atoms with Gasteiger partial charge < -0.3 is 0 Å². The Kier molecular flexibility index (Phi) is 4.03. The molecule has 1 aliphatic rings. The highest BCUT2D eigenvalue weighted by molar-refractivity contribution is 9.09. The summed E-state index contributed by atoms with van der Waals surface area (Å²) < 4.78 is 0. The van der Waals surface area contributed by atoms with Gasteiger partial charge in [0.15, 0.2) is 0 Å². The van der Waals surface area contributed by atoms with Gasteiger partial charge in [-0.15, -0.1) is 0 Å². The number of nitrogens with zero attached hydrogens (tertiary/aromatic N) is 1. The molecular formula is C8H14BrN. The highest BCUT2D eigenvalue weighted by atomic mass is 79.9. The van der Waals surface area contributed by atoms with Crippen molar-refractivity contribution in [1.29, 1.82) is 0 Å². The molecule has 58 valence electrons. The lowest BCUT2D eigenvalue weighted by atomic mass is 9.96. The van der Waals surface area contributed by atoms with Crippen molar-refractivity contribution in [2.24, 2.45) is 4.99 Å². The molecule has 1 rings (SSSR count). The maximum Gasteiger partial charge on any atom is 0.0496 e. The van der Waals surface area contributed by atoms with E-state index >= 15 is 0 Å². The van der Waals surface area contributed by atoms with E-state index in [4.69, 9.17) is 0 Å². The minimum atomic E-state index is 0.645. The Morgan fingerprint density at radius 1 is 1.30 bits per heavy atom. The standard InChI is InChI=1S/C8H14BrN/c9-6-7-10-8-4-2-1-3-5-8/h7-8H,1-6H2. The minimum Gasteiger partial charge on any atom is -0.293 e. The van der Waals surface area contributed by atoms with E-state index in [2.05, 4.69) is 20.9 Å². The molecule has 0 aliphatic heterocycles. The van der Waals surface area contributed by atoms with E-state index < -0.39 is 0 Å². The Balaban J connectivity index is 2.19. The first-order chi connectivity index (χ1) is 4.93. The van der Waals surface area contributed by atoms with Crippen molar-refractivity contribution in [3.8, 4) is 0 Å². The van der Waals surface area contributed by atoms with Crippen molar-refractivity contribution in [3.05, 3.63) is 0 Å². The average Bonchev–Trinajstić information content (AvgIpc) is 2.03. The van der Waals surface area contributed by atoms with Crippen LogP contribution >= 0.6 is 15.9 Å². The van der Waals surface area contributed by atoms with E-state index in [1.54, 1.807) is 0 Å². The van der Waals surface area contributed by atoms with E-state index in [1.165, 1.54) is 32.1 Å². The van der Waals surface area contributed by atoms with Gasteiger partial charge >= 0.3 is 0 Å². The summed E-state index contributed by atoms with van der Waals surface area (Å²) in [6, 6.07) is 0.645. The number of rotatable bonds is 2.